The first-order valence-electron chi connectivity index (χ1n) is 6.04. The Bertz CT molecular complexity index is 577. The second-order valence-electron chi connectivity index (χ2n) is 3.97. The summed E-state index contributed by atoms with van der Waals surface area (Å²) >= 11 is 5.08. The number of thiocarbonyl (C=S) groups is 1. The van der Waals surface area contributed by atoms with E-state index in [9.17, 15) is 4.79 Å². The molecular weight excluding hydrogens is 258 g/mol. The van der Waals surface area contributed by atoms with Gasteiger partial charge >= 0.3 is 0 Å². The number of hydrogen-bond acceptors (Lipinski definition) is 2. The molecule has 0 spiro atoms. The summed E-state index contributed by atoms with van der Waals surface area (Å²) in [6.07, 6.45) is 0. The molecule has 3 N–H and O–H groups in total. The fourth-order valence-corrected chi connectivity index (χ4v) is 1.93. The minimum absolute atomic E-state index is 0.0389. The smallest absolute Gasteiger partial charge is 0.209 e. The Labute approximate surface area is 117 Å². The highest BCUT2D eigenvalue weighted by Gasteiger charge is 2.10. The highest BCUT2D eigenvalue weighted by molar-refractivity contribution is 7.80. The standard InChI is InChI=1S/C14H15N3OS/c1-2-15-14(19)17-12-9-8-11(16-12)13(18)10-6-4-3-5-7-10/h3-9,16H,2H2,1H3,(H2,15,17,19). The van der Waals surface area contributed by atoms with Gasteiger partial charge in [-0.1, -0.05) is 30.3 Å². The van der Waals surface area contributed by atoms with Crippen molar-refractivity contribution in [2.75, 3.05) is 11.9 Å². The van der Waals surface area contributed by atoms with Crippen molar-refractivity contribution < 1.29 is 4.79 Å². The monoisotopic (exact) mass is 273 g/mol. The third-order valence-corrected chi connectivity index (χ3v) is 2.80. The molecule has 0 aliphatic carbocycles. The van der Waals surface area contributed by atoms with E-state index < -0.39 is 0 Å². The normalized spacial score (nSPS) is 9.95. The van der Waals surface area contributed by atoms with Crippen molar-refractivity contribution in [3.63, 3.8) is 0 Å². The lowest BCUT2D eigenvalue weighted by molar-refractivity contribution is 0.103. The predicted molar refractivity (Wildman–Crippen MR) is 80.6 cm³/mol. The van der Waals surface area contributed by atoms with Gasteiger partial charge in [0, 0.05) is 12.1 Å². The number of benzene rings is 1. The zero-order chi connectivity index (χ0) is 13.7. The lowest BCUT2D eigenvalue weighted by Crippen LogP contribution is -2.28. The topological polar surface area (TPSA) is 56.9 Å². The van der Waals surface area contributed by atoms with Gasteiger partial charge in [-0.05, 0) is 31.3 Å². The van der Waals surface area contributed by atoms with Crippen LogP contribution in [0, 0.1) is 0 Å². The molecule has 1 heterocycles. The Morgan fingerprint density at radius 2 is 1.95 bits per heavy atom. The van der Waals surface area contributed by atoms with Crippen molar-refractivity contribution in [2.24, 2.45) is 0 Å². The predicted octanol–water partition coefficient (Wildman–Crippen LogP) is 2.55. The van der Waals surface area contributed by atoms with Crippen molar-refractivity contribution in [2.45, 2.75) is 6.92 Å². The van der Waals surface area contributed by atoms with Crippen LogP contribution in [0.5, 0.6) is 0 Å². The van der Waals surface area contributed by atoms with Crippen LogP contribution in [0.1, 0.15) is 23.0 Å². The summed E-state index contributed by atoms with van der Waals surface area (Å²) in [7, 11) is 0. The molecule has 1 aromatic heterocycles. The Kier molecular flexibility index (Phi) is 4.30. The SMILES string of the molecule is CCNC(=S)Nc1ccc(C(=O)c2ccccc2)[nH]1. The summed E-state index contributed by atoms with van der Waals surface area (Å²) in [5.74, 6) is 0.660. The highest BCUT2D eigenvalue weighted by atomic mass is 32.1. The molecule has 5 heteroatoms. The molecule has 1 aromatic carbocycles. The van der Waals surface area contributed by atoms with E-state index in [0.717, 1.165) is 6.54 Å². The molecule has 2 rings (SSSR count). The highest BCUT2D eigenvalue weighted by Crippen LogP contribution is 2.12. The largest absolute Gasteiger partial charge is 0.363 e. The van der Waals surface area contributed by atoms with Crippen molar-refractivity contribution in [3.05, 3.63) is 53.7 Å². The number of hydrogen-bond donors (Lipinski definition) is 3. The van der Waals surface area contributed by atoms with Crippen LogP contribution in [0.25, 0.3) is 0 Å². The molecule has 2 aromatic rings. The van der Waals surface area contributed by atoms with Gasteiger partial charge in [0.05, 0.1) is 5.69 Å². The molecular formula is C14H15N3OS. The van der Waals surface area contributed by atoms with Gasteiger partial charge in [0.2, 0.25) is 5.78 Å². The summed E-state index contributed by atoms with van der Waals surface area (Å²) in [6.45, 7) is 2.72. The van der Waals surface area contributed by atoms with E-state index in [1.165, 1.54) is 0 Å². The van der Waals surface area contributed by atoms with E-state index in [-0.39, 0.29) is 5.78 Å². The van der Waals surface area contributed by atoms with Crippen LogP contribution in [0.3, 0.4) is 0 Å². The van der Waals surface area contributed by atoms with Crippen molar-refractivity contribution in [1.82, 2.24) is 10.3 Å². The van der Waals surface area contributed by atoms with Gasteiger partial charge in [0.15, 0.2) is 5.11 Å². The Hall–Kier alpha value is -2.14. The van der Waals surface area contributed by atoms with Crippen LogP contribution in [-0.4, -0.2) is 22.4 Å². The number of aromatic nitrogens is 1. The first-order valence-corrected chi connectivity index (χ1v) is 6.45. The molecule has 98 valence electrons. The molecule has 0 radical (unpaired) electrons. The van der Waals surface area contributed by atoms with Crippen LogP contribution < -0.4 is 10.6 Å². The van der Waals surface area contributed by atoms with E-state index in [2.05, 4.69) is 15.6 Å². The summed E-state index contributed by atoms with van der Waals surface area (Å²) < 4.78 is 0. The van der Waals surface area contributed by atoms with Crippen LogP contribution in [0.4, 0.5) is 5.82 Å². The number of nitrogens with one attached hydrogen (secondary N) is 3. The number of carbonyl (C=O) groups excluding carboxylic acids is 1. The number of ketones is 1. The minimum atomic E-state index is -0.0389. The fourth-order valence-electron chi connectivity index (χ4n) is 1.67. The Balaban J connectivity index is 2.09. The maximum atomic E-state index is 12.2. The van der Waals surface area contributed by atoms with Gasteiger partial charge in [-0.15, -0.1) is 0 Å². The van der Waals surface area contributed by atoms with Gasteiger partial charge < -0.3 is 15.6 Å². The molecule has 0 fully saturated rings. The summed E-state index contributed by atoms with van der Waals surface area (Å²) in [5.41, 5.74) is 1.19. The van der Waals surface area contributed by atoms with Crippen LogP contribution in [-0.2, 0) is 0 Å². The lowest BCUT2D eigenvalue weighted by Gasteiger charge is -2.06. The second-order valence-corrected chi connectivity index (χ2v) is 4.37. The van der Waals surface area contributed by atoms with E-state index in [4.69, 9.17) is 12.2 Å². The van der Waals surface area contributed by atoms with Crippen molar-refractivity contribution in [1.29, 1.82) is 0 Å². The molecule has 0 aliphatic heterocycles. The maximum Gasteiger partial charge on any atom is 0.209 e. The number of carbonyl (C=O) groups is 1. The second kappa shape index (κ2) is 6.15. The molecule has 0 aliphatic rings. The van der Waals surface area contributed by atoms with E-state index in [1.807, 2.05) is 25.1 Å². The molecule has 0 amide bonds. The average Bonchev–Trinajstić information content (AvgIpc) is 2.87. The summed E-state index contributed by atoms with van der Waals surface area (Å²) in [5, 5.41) is 6.49. The molecule has 4 nitrogen and oxygen atoms in total. The quantitative estimate of drug-likeness (QED) is 0.592. The zero-order valence-corrected chi connectivity index (χ0v) is 11.4. The third-order valence-electron chi connectivity index (χ3n) is 2.55. The Morgan fingerprint density at radius 3 is 2.63 bits per heavy atom. The number of H-pyrrole nitrogens is 1. The average molecular weight is 273 g/mol. The first kappa shape index (κ1) is 13.3. The van der Waals surface area contributed by atoms with Crippen molar-refractivity contribution >= 4 is 28.9 Å². The van der Waals surface area contributed by atoms with Gasteiger partial charge in [-0.25, -0.2) is 0 Å². The molecule has 0 saturated carbocycles. The minimum Gasteiger partial charge on any atom is -0.363 e. The van der Waals surface area contributed by atoms with E-state index in [1.54, 1.807) is 24.3 Å². The maximum absolute atomic E-state index is 12.2. The fraction of sp³-hybridized carbons (Fsp3) is 0.143. The molecule has 19 heavy (non-hydrogen) atoms. The number of rotatable bonds is 4. The molecule has 0 bridgehead atoms. The summed E-state index contributed by atoms with van der Waals surface area (Å²) in [6, 6.07) is 12.7. The molecule has 0 unspecified atom stereocenters. The lowest BCUT2D eigenvalue weighted by atomic mass is 10.1. The zero-order valence-electron chi connectivity index (χ0n) is 10.6. The van der Waals surface area contributed by atoms with Crippen molar-refractivity contribution in [3.8, 4) is 0 Å². The van der Waals surface area contributed by atoms with Gasteiger partial charge in [-0.3, -0.25) is 4.79 Å². The third kappa shape index (κ3) is 3.42. The first-order chi connectivity index (χ1) is 9.20. The van der Waals surface area contributed by atoms with Crippen LogP contribution in [0.2, 0.25) is 0 Å². The van der Waals surface area contributed by atoms with Crippen LogP contribution >= 0.6 is 12.2 Å². The van der Waals surface area contributed by atoms with Gasteiger partial charge in [0.25, 0.3) is 0 Å². The Morgan fingerprint density at radius 1 is 1.21 bits per heavy atom. The van der Waals surface area contributed by atoms with Gasteiger partial charge in [-0.2, -0.15) is 0 Å². The molecule has 0 atom stereocenters. The number of anilines is 1. The van der Waals surface area contributed by atoms with E-state index >= 15 is 0 Å². The van der Waals surface area contributed by atoms with E-state index in [0.29, 0.717) is 22.2 Å². The molecule has 0 saturated heterocycles. The van der Waals surface area contributed by atoms with Crippen LogP contribution in [0.15, 0.2) is 42.5 Å². The van der Waals surface area contributed by atoms with Gasteiger partial charge in [0.1, 0.15) is 5.82 Å². The summed E-state index contributed by atoms with van der Waals surface area (Å²) in [4.78, 5) is 15.2. The number of aromatic amines is 1.